The van der Waals surface area contributed by atoms with Gasteiger partial charge in [0.05, 0.1) is 12.5 Å². The number of rotatable bonds is 2. The summed E-state index contributed by atoms with van der Waals surface area (Å²) >= 11 is 0. The quantitative estimate of drug-likeness (QED) is 0.542. The molecule has 0 saturated carbocycles. The van der Waals surface area contributed by atoms with Crippen LogP contribution < -0.4 is 5.73 Å². The van der Waals surface area contributed by atoms with Gasteiger partial charge in [0.2, 0.25) is 0 Å². The van der Waals surface area contributed by atoms with Crippen LogP contribution in [0.15, 0.2) is 65.7 Å². The Hall–Kier alpha value is -3.01. The second kappa shape index (κ2) is 4.52. The number of nitrogens with zero attached hydrogens (tertiary/aromatic N) is 1. The van der Waals surface area contributed by atoms with Crippen molar-refractivity contribution in [2.24, 2.45) is 0 Å². The fourth-order valence-corrected chi connectivity index (χ4v) is 2.49. The van der Waals surface area contributed by atoms with Gasteiger partial charge in [-0.05, 0) is 29.8 Å². The number of H-pyrrole nitrogens is 1. The highest BCUT2D eigenvalue weighted by Gasteiger charge is 2.09. The average Bonchev–Trinajstić information content (AvgIpc) is 3.16. The van der Waals surface area contributed by atoms with Crippen LogP contribution >= 0.6 is 0 Å². The first-order valence-electron chi connectivity index (χ1n) is 6.67. The van der Waals surface area contributed by atoms with Gasteiger partial charge in [-0.15, -0.1) is 0 Å². The third kappa shape index (κ3) is 1.97. The number of aromatic nitrogens is 2. The van der Waals surface area contributed by atoms with E-state index in [-0.39, 0.29) is 0 Å². The van der Waals surface area contributed by atoms with Crippen molar-refractivity contribution in [3.05, 3.63) is 61.3 Å². The Bertz CT molecular complexity index is 890. The van der Waals surface area contributed by atoms with E-state index in [0.717, 1.165) is 39.0 Å². The minimum atomic E-state index is 0.758. The van der Waals surface area contributed by atoms with E-state index in [4.69, 9.17) is 10.2 Å². The predicted octanol–water partition coefficient (Wildman–Crippen LogP) is 4.07. The molecule has 0 spiro atoms. The number of aromatic amines is 1. The molecule has 4 rings (SSSR count). The number of nitrogen functional groups attached to an aromatic ring is 1. The maximum absolute atomic E-state index is 5.74. The van der Waals surface area contributed by atoms with E-state index >= 15 is 0 Å². The molecule has 0 aliphatic carbocycles. The van der Waals surface area contributed by atoms with Crippen molar-refractivity contribution >= 4 is 16.7 Å². The summed E-state index contributed by atoms with van der Waals surface area (Å²) in [4.78, 5) is 7.68. The lowest BCUT2D eigenvalue weighted by molar-refractivity contribution is 0.568. The highest BCUT2D eigenvalue weighted by molar-refractivity contribution is 5.95. The number of pyridine rings is 1. The Balaban J connectivity index is 1.89. The molecule has 0 fully saturated rings. The van der Waals surface area contributed by atoms with Crippen LogP contribution in [-0.4, -0.2) is 9.97 Å². The van der Waals surface area contributed by atoms with E-state index in [9.17, 15) is 0 Å². The number of nitrogens with two attached hydrogens (primary N) is 1. The molecule has 0 bridgehead atoms. The third-order valence-electron chi connectivity index (χ3n) is 3.61. The molecule has 4 heteroatoms. The molecule has 3 aromatic heterocycles. The summed E-state index contributed by atoms with van der Waals surface area (Å²) in [6.45, 7) is 0. The SMILES string of the molecule is Nc1ccc(-c2cnc3[nH]cc(-c4ccoc4)c3c2)cc1. The number of furan rings is 1. The van der Waals surface area contributed by atoms with Crippen LogP contribution in [0.3, 0.4) is 0 Å². The number of hydrogen-bond acceptors (Lipinski definition) is 3. The van der Waals surface area contributed by atoms with E-state index in [1.54, 1.807) is 12.5 Å². The Morgan fingerprint density at radius 1 is 1.00 bits per heavy atom. The van der Waals surface area contributed by atoms with Crippen LogP contribution in [0.5, 0.6) is 0 Å². The molecule has 3 heterocycles. The molecule has 0 aliphatic rings. The van der Waals surface area contributed by atoms with Crippen molar-refractivity contribution in [1.29, 1.82) is 0 Å². The molecule has 3 N–H and O–H groups in total. The van der Waals surface area contributed by atoms with Gasteiger partial charge in [-0.2, -0.15) is 0 Å². The van der Waals surface area contributed by atoms with Gasteiger partial charge < -0.3 is 15.1 Å². The van der Waals surface area contributed by atoms with E-state index in [2.05, 4.69) is 16.0 Å². The summed E-state index contributed by atoms with van der Waals surface area (Å²) in [5, 5.41) is 1.07. The van der Waals surface area contributed by atoms with Crippen molar-refractivity contribution < 1.29 is 4.42 Å². The number of nitrogens with one attached hydrogen (secondary N) is 1. The Morgan fingerprint density at radius 2 is 1.86 bits per heavy atom. The number of anilines is 1. The summed E-state index contributed by atoms with van der Waals surface area (Å²) in [6, 6.07) is 11.9. The molecule has 1 aromatic carbocycles. The van der Waals surface area contributed by atoms with Gasteiger partial charge in [0.15, 0.2) is 0 Å². The Morgan fingerprint density at radius 3 is 2.62 bits per heavy atom. The number of fused-ring (bicyclic) bond motifs is 1. The zero-order chi connectivity index (χ0) is 14.2. The second-order valence-corrected chi connectivity index (χ2v) is 4.96. The van der Waals surface area contributed by atoms with Crippen molar-refractivity contribution in [2.75, 3.05) is 5.73 Å². The molecule has 0 aliphatic heterocycles. The lowest BCUT2D eigenvalue weighted by atomic mass is 10.0. The van der Waals surface area contributed by atoms with E-state index in [1.165, 1.54) is 0 Å². The highest BCUT2D eigenvalue weighted by Crippen LogP contribution is 2.31. The van der Waals surface area contributed by atoms with Gasteiger partial charge in [0.25, 0.3) is 0 Å². The molecule has 102 valence electrons. The average molecular weight is 275 g/mol. The van der Waals surface area contributed by atoms with Crippen LogP contribution in [0.2, 0.25) is 0 Å². The van der Waals surface area contributed by atoms with Gasteiger partial charge in [-0.3, -0.25) is 0 Å². The Kier molecular flexibility index (Phi) is 2.54. The topological polar surface area (TPSA) is 67.8 Å². The fraction of sp³-hybridized carbons (Fsp3) is 0. The molecule has 0 amide bonds. The van der Waals surface area contributed by atoms with E-state index in [1.807, 2.05) is 42.7 Å². The molecule has 21 heavy (non-hydrogen) atoms. The number of benzene rings is 1. The standard InChI is InChI=1S/C17H13N3O/c18-14-3-1-11(2-4-14)13-7-15-16(12-5-6-21-10-12)9-20-17(15)19-8-13/h1-10H,18H2,(H,19,20). The first-order valence-corrected chi connectivity index (χ1v) is 6.67. The molecular weight excluding hydrogens is 262 g/mol. The monoisotopic (exact) mass is 275 g/mol. The zero-order valence-corrected chi connectivity index (χ0v) is 11.2. The summed E-state index contributed by atoms with van der Waals surface area (Å²) < 4.78 is 5.17. The van der Waals surface area contributed by atoms with E-state index in [0.29, 0.717) is 0 Å². The van der Waals surface area contributed by atoms with Crippen molar-refractivity contribution in [3.63, 3.8) is 0 Å². The molecule has 0 atom stereocenters. The lowest BCUT2D eigenvalue weighted by Gasteiger charge is -2.03. The smallest absolute Gasteiger partial charge is 0.137 e. The molecule has 0 unspecified atom stereocenters. The maximum Gasteiger partial charge on any atom is 0.137 e. The maximum atomic E-state index is 5.74. The summed E-state index contributed by atoms with van der Waals surface area (Å²) in [7, 11) is 0. The lowest BCUT2D eigenvalue weighted by Crippen LogP contribution is -1.85. The van der Waals surface area contributed by atoms with Gasteiger partial charge in [0, 0.05) is 40.2 Å². The van der Waals surface area contributed by atoms with Gasteiger partial charge in [-0.25, -0.2) is 4.98 Å². The van der Waals surface area contributed by atoms with Gasteiger partial charge in [-0.1, -0.05) is 12.1 Å². The van der Waals surface area contributed by atoms with Gasteiger partial charge >= 0.3 is 0 Å². The molecule has 4 nitrogen and oxygen atoms in total. The normalized spacial score (nSPS) is 11.0. The minimum Gasteiger partial charge on any atom is -0.472 e. The fourth-order valence-electron chi connectivity index (χ4n) is 2.49. The third-order valence-corrected chi connectivity index (χ3v) is 3.61. The predicted molar refractivity (Wildman–Crippen MR) is 83.6 cm³/mol. The number of hydrogen-bond donors (Lipinski definition) is 2. The van der Waals surface area contributed by atoms with Crippen LogP contribution in [0.1, 0.15) is 0 Å². The zero-order valence-electron chi connectivity index (χ0n) is 11.2. The van der Waals surface area contributed by atoms with Crippen LogP contribution in [0.25, 0.3) is 33.3 Å². The summed E-state index contributed by atoms with van der Waals surface area (Å²) in [5.41, 5.74) is 11.6. The van der Waals surface area contributed by atoms with Gasteiger partial charge in [0.1, 0.15) is 5.65 Å². The summed E-state index contributed by atoms with van der Waals surface area (Å²) in [6.07, 6.45) is 7.22. The van der Waals surface area contributed by atoms with Crippen molar-refractivity contribution in [2.45, 2.75) is 0 Å². The van der Waals surface area contributed by atoms with E-state index < -0.39 is 0 Å². The van der Waals surface area contributed by atoms with Crippen LogP contribution in [0.4, 0.5) is 5.69 Å². The summed E-state index contributed by atoms with van der Waals surface area (Å²) in [5.74, 6) is 0. The highest BCUT2D eigenvalue weighted by atomic mass is 16.3. The largest absolute Gasteiger partial charge is 0.472 e. The molecule has 4 aromatic rings. The first kappa shape index (κ1) is 11.8. The first-order chi connectivity index (χ1) is 10.3. The van der Waals surface area contributed by atoms with Crippen LogP contribution in [0, 0.1) is 0 Å². The van der Waals surface area contributed by atoms with Crippen LogP contribution in [-0.2, 0) is 0 Å². The van der Waals surface area contributed by atoms with Crippen molar-refractivity contribution in [3.8, 4) is 22.3 Å². The molecular formula is C17H13N3O. The second-order valence-electron chi connectivity index (χ2n) is 4.96. The molecule has 0 radical (unpaired) electrons. The van der Waals surface area contributed by atoms with Crippen molar-refractivity contribution in [1.82, 2.24) is 9.97 Å². The Labute approximate surface area is 121 Å². The molecule has 0 saturated heterocycles. The minimum absolute atomic E-state index is 0.758.